The maximum atomic E-state index is 11.8. The number of amides is 1. The van der Waals surface area contributed by atoms with Gasteiger partial charge in [0, 0.05) is 11.1 Å². The molecule has 0 aromatic heterocycles. The SMILES string of the molecule is CONC(=O)c1ccccc1/C=C(/O)c1ccccc1. The van der Waals surface area contributed by atoms with Gasteiger partial charge in [-0.3, -0.25) is 9.63 Å². The molecule has 0 bridgehead atoms. The number of hydroxylamine groups is 1. The number of carbonyl (C=O) groups excluding carboxylic acids is 1. The van der Waals surface area contributed by atoms with E-state index in [1.165, 1.54) is 7.11 Å². The van der Waals surface area contributed by atoms with Crippen LogP contribution in [0.3, 0.4) is 0 Å². The highest BCUT2D eigenvalue weighted by atomic mass is 16.6. The summed E-state index contributed by atoms with van der Waals surface area (Å²) in [6.45, 7) is 0. The zero-order valence-electron chi connectivity index (χ0n) is 11.0. The molecule has 2 N–H and O–H groups in total. The van der Waals surface area contributed by atoms with Gasteiger partial charge in [-0.05, 0) is 17.7 Å². The van der Waals surface area contributed by atoms with Gasteiger partial charge in [0.1, 0.15) is 5.76 Å². The van der Waals surface area contributed by atoms with Gasteiger partial charge in [0.2, 0.25) is 0 Å². The lowest BCUT2D eigenvalue weighted by Crippen LogP contribution is -2.22. The molecular formula is C16H15NO3. The average Bonchev–Trinajstić information content (AvgIpc) is 2.49. The van der Waals surface area contributed by atoms with Crippen LogP contribution < -0.4 is 5.48 Å². The fourth-order valence-electron chi connectivity index (χ4n) is 1.82. The molecule has 0 aliphatic heterocycles. The van der Waals surface area contributed by atoms with Crippen LogP contribution in [0.4, 0.5) is 0 Å². The Labute approximate surface area is 117 Å². The number of aliphatic hydroxyl groups is 1. The van der Waals surface area contributed by atoms with Crippen molar-refractivity contribution in [3.8, 4) is 0 Å². The summed E-state index contributed by atoms with van der Waals surface area (Å²) in [5, 5.41) is 10.1. The van der Waals surface area contributed by atoms with E-state index in [1.807, 2.05) is 18.2 Å². The Morgan fingerprint density at radius 1 is 1.10 bits per heavy atom. The van der Waals surface area contributed by atoms with Crippen LogP contribution in [0.15, 0.2) is 54.6 Å². The second kappa shape index (κ2) is 6.54. The third-order valence-electron chi connectivity index (χ3n) is 2.76. The van der Waals surface area contributed by atoms with E-state index in [2.05, 4.69) is 10.3 Å². The van der Waals surface area contributed by atoms with Gasteiger partial charge in [0.15, 0.2) is 0 Å². The minimum Gasteiger partial charge on any atom is -0.507 e. The summed E-state index contributed by atoms with van der Waals surface area (Å²) in [4.78, 5) is 16.5. The molecule has 0 fully saturated rings. The number of benzene rings is 2. The van der Waals surface area contributed by atoms with Gasteiger partial charge < -0.3 is 5.11 Å². The molecule has 0 radical (unpaired) electrons. The van der Waals surface area contributed by atoms with Gasteiger partial charge in [-0.2, -0.15) is 0 Å². The van der Waals surface area contributed by atoms with Gasteiger partial charge in [0.05, 0.1) is 7.11 Å². The number of hydrogen-bond acceptors (Lipinski definition) is 3. The van der Waals surface area contributed by atoms with Crippen molar-refractivity contribution in [2.45, 2.75) is 0 Å². The van der Waals surface area contributed by atoms with E-state index < -0.39 is 0 Å². The minimum atomic E-state index is -0.361. The van der Waals surface area contributed by atoms with Crippen molar-refractivity contribution in [1.82, 2.24) is 5.48 Å². The third-order valence-corrected chi connectivity index (χ3v) is 2.76. The molecule has 0 heterocycles. The molecule has 0 atom stereocenters. The van der Waals surface area contributed by atoms with Gasteiger partial charge >= 0.3 is 0 Å². The normalized spacial score (nSPS) is 11.2. The van der Waals surface area contributed by atoms with E-state index in [0.717, 1.165) is 0 Å². The third kappa shape index (κ3) is 3.24. The van der Waals surface area contributed by atoms with Crippen LogP contribution in [-0.4, -0.2) is 18.1 Å². The first-order valence-electron chi connectivity index (χ1n) is 6.11. The van der Waals surface area contributed by atoms with Crippen molar-refractivity contribution in [2.75, 3.05) is 7.11 Å². The summed E-state index contributed by atoms with van der Waals surface area (Å²) >= 11 is 0. The number of carbonyl (C=O) groups is 1. The smallest absolute Gasteiger partial charge is 0.275 e. The number of nitrogens with one attached hydrogen (secondary N) is 1. The van der Waals surface area contributed by atoms with Crippen molar-refractivity contribution in [3.63, 3.8) is 0 Å². The van der Waals surface area contributed by atoms with Crippen LogP contribution in [0.5, 0.6) is 0 Å². The Morgan fingerprint density at radius 2 is 1.75 bits per heavy atom. The summed E-state index contributed by atoms with van der Waals surface area (Å²) in [6, 6.07) is 16.1. The maximum Gasteiger partial charge on any atom is 0.275 e. The van der Waals surface area contributed by atoms with Crippen LogP contribution in [0.1, 0.15) is 21.5 Å². The topological polar surface area (TPSA) is 58.6 Å². The summed E-state index contributed by atoms with van der Waals surface area (Å²) in [6.07, 6.45) is 1.56. The van der Waals surface area contributed by atoms with Crippen LogP contribution in [0, 0.1) is 0 Å². The van der Waals surface area contributed by atoms with Crippen molar-refractivity contribution < 1.29 is 14.7 Å². The minimum absolute atomic E-state index is 0.100. The lowest BCUT2D eigenvalue weighted by Gasteiger charge is -2.06. The number of hydrogen-bond donors (Lipinski definition) is 2. The van der Waals surface area contributed by atoms with E-state index in [4.69, 9.17) is 0 Å². The van der Waals surface area contributed by atoms with Crippen LogP contribution >= 0.6 is 0 Å². The van der Waals surface area contributed by atoms with Crippen molar-refractivity contribution in [3.05, 3.63) is 71.3 Å². The number of aliphatic hydroxyl groups excluding tert-OH is 1. The lowest BCUT2D eigenvalue weighted by atomic mass is 10.0. The first kappa shape index (κ1) is 13.8. The highest BCUT2D eigenvalue weighted by Gasteiger charge is 2.10. The Balaban J connectivity index is 2.36. The quantitative estimate of drug-likeness (QED) is 0.509. The molecular weight excluding hydrogens is 254 g/mol. The molecule has 2 aromatic carbocycles. The van der Waals surface area contributed by atoms with E-state index in [9.17, 15) is 9.90 Å². The van der Waals surface area contributed by atoms with Crippen molar-refractivity contribution in [1.29, 1.82) is 0 Å². The molecule has 2 aromatic rings. The monoisotopic (exact) mass is 269 g/mol. The molecule has 0 aliphatic carbocycles. The zero-order valence-corrected chi connectivity index (χ0v) is 11.0. The first-order valence-corrected chi connectivity index (χ1v) is 6.11. The predicted molar refractivity (Wildman–Crippen MR) is 77.9 cm³/mol. The Hall–Kier alpha value is -2.59. The van der Waals surface area contributed by atoms with Gasteiger partial charge in [-0.25, -0.2) is 5.48 Å². The van der Waals surface area contributed by atoms with Crippen LogP contribution in [-0.2, 0) is 4.84 Å². The molecule has 0 unspecified atom stereocenters. The molecule has 2 rings (SSSR count). The highest BCUT2D eigenvalue weighted by Crippen LogP contribution is 2.18. The molecule has 0 saturated heterocycles. The summed E-state index contributed by atoms with van der Waals surface area (Å²) in [5.41, 5.74) is 4.00. The Kier molecular flexibility index (Phi) is 4.52. The molecule has 0 saturated carbocycles. The van der Waals surface area contributed by atoms with Gasteiger partial charge in [0.25, 0.3) is 5.91 Å². The summed E-state index contributed by atoms with van der Waals surface area (Å²) in [5.74, 6) is -0.261. The molecule has 0 spiro atoms. The maximum absolute atomic E-state index is 11.8. The molecule has 4 heteroatoms. The average molecular weight is 269 g/mol. The fourth-order valence-corrected chi connectivity index (χ4v) is 1.82. The van der Waals surface area contributed by atoms with Crippen LogP contribution in [0.25, 0.3) is 11.8 Å². The molecule has 20 heavy (non-hydrogen) atoms. The van der Waals surface area contributed by atoms with E-state index in [1.54, 1.807) is 42.5 Å². The summed E-state index contributed by atoms with van der Waals surface area (Å²) in [7, 11) is 1.37. The lowest BCUT2D eigenvalue weighted by molar-refractivity contribution is 0.0537. The summed E-state index contributed by atoms with van der Waals surface area (Å²) < 4.78 is 0. The molecule has 4 nitrogen and oxygen atoms in total. The van der Waals surface area contributed by atoms with Gasteiger partial charge in [-0.15, -0.1) is 0 Å². The molecule has 102 valence electrons. The highest BCUT2D eigenvalue weighted by molar-refractivity contribution is 5.98. The Bertz CT molecular complexity index is 621. The number of rotatable bonds is 4. The van der Waals surface area contributed by atoms with E-state index in [-0.39, 0.29) is 11.7 Å². The second-order valence-electron chi connectivity index (χ2n) is 4.12. The van der Waals surface area contributed by atoms with E-state index in [0.29, 0.717) is 16.7 Å². The predicted octanol–water partition coefficient (Wildman–Crippen LogP) is 3.03. The van der Waals surface area contributed by atoms with Crippen molar-refractivity contribution >= 4 is 17.7 Å². The Morgan fingerprint density at radius 3 is 2.45 bits per heavy atom. The van der Waals surface area contributed by atoms with Crippen LogP contribution in [0.2, 0.25) is 0 Å². The van der Waals surface area contributed by atoms with Gasteiger partial charge in [-0.1, -0.05) is 48.5 Å². The van der Waals surface area contributed by atoms with Crippen molar-refractivity contribution in [2.24, 2.45) is 0 Å². The standard InChI is InChI=1S/C16H15NO3/c1-20-17-16(19)14-10-6-5-9-13(14)11-15(18)12-7-3-2-4-8-12/h2-11,18H,1H3,(H,17,19)/b15-11+. The van der Waals surface area contributed by atoms with E-state index >= 15 is 0 Å². The molecule has 1 amide bonds. The first-order chi connectivity index (χ1) is 9.72. The fraction of sp³-hybridized carbons (Fsp3) is 0.0625. The largest absolute Gasteiger partial charge is 0.507 e. The zero-order chi connectivity index (χ0) is 14.4. The second-order valence-corrected chi connectivity index (χ2v) is 4.12. The molecule has 0 aliphatic rings.